The standard InChI is InChI=1S/C10H14F2N2O/c1-7-3-8(4-13)14-5-9(7)15-6-10(2,11)12/h3,5H,4,6,13H2,1-2H3. The molecule has 0 saturated heterocycles. The van der Waals surface area contributed by atoms with E-state index in [9.17, 15) is 8.78 Å². The first-order chi connectivity index (χ1) is 6.92. The van der Waals surface area contributed by atoms with Crippen molar-refractivity contribution in [2.45, 2.75) is 26.3 Å². The summed E-state index contributed by atoms with van der Waals surface area (Å²) in [7, 11) is 0. The fraction of sp³-hybridized carbons (Fsp3) is 0.500. The number of pyridine rings is 1. The molecule has 3 nitrogen and oxygen atoms in total. The maximum absolute atomic E-state index is 12.5. The number of hydrogen-bond donors (Lipinski definition) is 1. The van der Waals surface area contributed by atoms with E-state index in [0.29, 0.717) is 18.0 Å². The minimum atomic E-state index is -2.83. The molecule has 0 amide bonds. The Morgan fingerprint density at radius 2 is 2.20 bits per heavy atom. The zero-order valence-electron chi connectivity index (χ0n) is 8.76. The molecule has 0 unspecified atom stereocenters. The van der Waals surface area contributed by atoms with Crippen molar-refractivity contribution >= 4 is 0 Å². The lowest BCUT2D eigenvalue weighted by molar-refractivity contribution is -0.0232. The van der Waals surface area contributed by atoms with Gasteiger partial charge in [-0.2, -0.15) is 0 Å². The van der Waals surface area contributed by atoms with E-state index in [1.165, 1.54) is 6.20 Å². The van der Waals surface area contributed by atoms with E-state index in [0.717, 1.165) is 12.5 Å². The van der Waals surface area contributed by atoms with Gasteiger partial charge in [0.15, 0.2) is 6.61 Å². The highest BCUT2D eigenvalue weighted by Crippen LogP contribution is 2.20. The summed E-state index contributed by atoms with van der Waals surface area (Å²) in [5.74, 6) is -2.47. The summed E-state index contributed by atoms with van der Waals surface area (Å²) in [6.45, 7) is 2.26. The Balaban J connectivity index is 2.70. The van der Waals surface area contributed by atoms with Gasteiger partial charge in [0.1, 0.15) is 5.75 Å². The number of alkyl halides is 2. The Bertz CT molecular complexity index is 337. The van der Waals surface area contributed by atoms with Gasteiger partial charge in [0.25, 0.3) is 5.92 Å². The summed E-state index contributed by atoms with van der Waals surface area (Å²) in [4.78, 5) is 3.96. The van der Waals surface area contributed by atoms with Crippen LogP contribution in [0.4, 0.5) is 8.78 Å². The zero-order chi connectivity index (χ0) is 11.5. The third-order valence-electron chi connectivity index (χ3n) is 1.81. The van der Waals surface area contributed by atoms with Gasteiger partial charge in [-0.05, 0) is 18.6 Å². The van der Waals surface area contributed by atoms with Crippen LogP contribution in [0.5, 0.6) is 5.75 Å². The van der Waals surface area contributed by atoms with Crippen molar-refractivity contribution in [1.29, 1.82) is 0 Å². The molecule has 1 aromatic rings. The third-order valence-corrected chi connectivity index (χ3v) is 1.81. The van der Waals surface area contributed by atoms with E-state index in [2.05, 4.69) is 4.98 Å². The summed E-state index contributed by atoms with van der Waals surface area (Å²) in [6.07, 6.45) is 1.42. The van der Waals surface area contributed by atoms with Gasteiger partial charge in [-0.3, -0.25) is 4.98 Å². The highest BCUT2D eigenvalue weighted by molar-refractivity contribution is 5.31. The van der Waals surface area contributed by atoms with Crippen LogP contribution >= 0.6 is 0 Å². The van der Waals surface area contributed by atoms with Crippen molar-refractivity contribution in [3.63, 3.8) is 0 Å². The molecule has 0 atom stereocenters. The fourth-order valence-corrected chi connectivity index (χ4v) is 1.07. The average Bonchev–Trinajstić information content (AvgIpc) is 2.14. The van der Waals surface area contributed by atoms with Crippen LogP contribution in [-0.4, -0.2) is 17.5 Å². The first-order valence-electron chi connectivity index (χ1n) is 4.58. The Labute approximate surface area is 87.3 Å². The van der Waals surface area contributed by atoms with Crippen molar-refractivity contribution in [3.8, 4) is 5.75 Å². The second-order valence-corrected chi connectivity index (χ2v) is 3.50. The lowest BCUT2D eigenvalue weighted by atomic mass is 10.2. The molecule has 0 saturated carbocycles. The predicted octanol–water partition coefficient (Wildman–Crippen LogP) is 1.88. The van der Waals surface area contributed by atoms with Gasteiger partial charge in [-0.25, -0.2) is 8.78 Å². The molecule has 0 aliphatic heterocycles. The van der Waals surface area contributed by atoms with Crippen molar-refractivity contribution < 1.29 is 13.5 Å². The molecule has 0 bridgehead atoms. The quantitative estimate of drug-likeness (QED) is 0.836. The second-order valence-electron chi connectivity index (χ2n) is 3.50. The number of halogens is 2. The predicted molar refractivity (Wildman–Crippen MR) is 53.0 cm³/mol. The molecule has 0 aliphatic carbocycles. The van der Waals surface area contributed by atoms with Crippen molar-refractivity contribution in [2.75, 3.05) is 6.61 Å². The number of rotatable bonds is 4. The van der Waals surface area contributed by atoms with Gasteiger partial charge in [0, 0.05) is 13.5 Å². The van der Waals surface area contributed by atoms with Gasteiger partial charge in [0.2, 0.25) is 0 Å². The molecule has 0 spiro atoms. The number of aryl methyl sites for hydroxylation is 1. The van der Waals surface area contributed by atoms with E-state index in [1.54, 1.807) is 13.0 Å². The summed E-state index contributed by atoms with van der Waals surface area (Å²) < 4.78 is 30.0. The average molecular weight is 216 g/mol. The molecule has 2 N–H and O–H groups in total. The summed E-state index contributed by atoms with van der Waals surface area (Å²) in [6, 6.07) is 1.73. The molecule has 84 valence electrons. The molecular weight excluding hydrogens is 202 g/mol. The topological polar surface area (TPSA) is 48.1 Å². The molecule has 1 rings (SSSR count). The van der Waals surface area contributed by atoms with E-state index >= 15 is 0 Å². The number of aromatic nitrogens is 1. The summed E-state index contributed by atoms with van der Waals surface area (Å²) in [5.41, 5.74) is 6.86. The zero-order valence-corrected chi connectivity index (χ0v) is 8.76. The second kappa shape index (κ2) is 4.53. The van der Waals surface area contributed by atoms with Gasteiger partial charge >= 0.3 is 0 Å². The smallest absolute Gasteiger partial charge is 0.278 e. The van der Waals surface area contributed by atoms with Gasteiger partial charge in [-0.1, -0.05) is 0 Å². The van der Waals surface area contributed by atoms with E-state index in [1.807, 2.05) is 0 Å². The minimum Gasteiger partial charge on any atom is -0.485 e. The Hall–Kier alpha value is -1.23. The van der Waals surface area contributed by atoms with Gasteiger partial charge in [0.05, 0.1) is 11.9 Å². The molecule has 15 heavy (non-hydrogen) atoms. The highest BCUT2D eigenvalue weighted by atomic mass is 19.3. The Kier molecular flexibility index (Phi) is 3.57. The summed E-state index contributed by atoms with van der Waals surface area (Å²) in [5, 5.41) is 0. The van der Waals surface area contributed by atoms with Crippen molar-refractivity contribution in [1.82, 2.24) is 4.98 Å². The Morgan fingerprint density at radius 1 is 1.53 bits per heavy atom. The van der Waals surface area contributed by atoms with Crippen LogP contribution in [0.15, 0.2) is 12.3 Å². The molecule has 1 aromatic heterocycles. The minimum absolute atomic E-state index is 0.324. The fourth-order valence-electron chi connectivity index (χ4n) is 1.07. The van der Waals surface area contributed by atoms with E-state index < -0.39 is 12.5 Å². The SMILES string of the molecule is Cc1cc(CN)ncc1OCC(C)(F)F. The van der Waals surface area contributed by atoms with Crippen molar-refractivity contribution in [2.24, 2.45) is 5.73 Å². The maximum Gasteiger partial charge on any atom is 0.278 e. The molecule has 0 fully saturated rings. The largest absolute Gasteiger partial charge is 0.485 e. The monoisotopic (exact) mass is 216 g/mol. The van der Waals surface area contributed by atoms with Crippen LogP contribution in [-0.2, 0) is 6.54 Å². The lowest BCUT2D eigenvalue weighted by Crippen LogP contribution is -2.21. The van der Waals surface area contributed by atoms with Crippen LogP contribution in [0.2, 0.25) is 0 Å². The van der Waals surface area contributed by atoms with Crippen LogP contribution < -0.4 is 10.5 Å². The Morgan fingerprint density at radius 3 is 2.67 bits per heavy atom. The number of hydrogen-bond acceptors (Lipinski definition) is 3. The third kappa shape index (κ3) is 3.79. The first kappa shape index (κ1) is 11.8. The maximum atomic E-state index is 12.5. The van der Waals surface area contributed by atoms with Crippen LogP contribution in [0, 0.1) is 6.92 Å². The molecule has 5 heteroatoms. The number of ether oxygens (including phenoxy) is 1. The summed E-state index contributed by atoms with van der Waals surface area (Å²) >= 11 is 0. The molecular formula is C10H14F2N2O. The van der Waals surface area contributed by atoms with E-state index in [-0.39, 0.29) is 0 Å². The molecule has 1 heterocycles. The van der Waals surface area contributed by atoms with Crippen LogP contribution in [0.1, 0.15) is 18.2 Å². The lowest BCUT2D eigenvalue weighted by Gasteiger charge is -2.13. The van der Waals surface area contributed by atoms with Crippen LogP contribution in [0.25, 0.3) is 0 Å². The molecule has 0 aromatic carbocycles. The van der Waals surface area contributed by atoms with Crippen LogP contribution in [0.3, 0.4) is 0 Å². The van der Waals surface area contributed by atoms with Crippen molar-refractivity contribution in [3.05, 3.63) is 23.5 Å². The molecule has 0 radical (unpaired) electrons. The molecule has 0 aliphatic rings. The number of nitrogens with two attached hydrogens (primary N) is 1. The normalized spacial score (nSPS) is 11.5. The number of nitrogens with zero attached hydrogens (tertiary/aromatic N) is 1. The van der Waals surface area contributed by atoms with Gasteiger partial charge < -0.3 is 10.5 Å². The highest BCUT2D eigenvalue weighted by Gasteiger charge is 2.22. The first-order valence-corrected chi connectivity index (χ1v) is 4.58. The van der Waals surface area contributed by atoms with E-state index in [4.69, 9.17) is 10.5 Å². The van der Waals surface area contributed by atoms with Gasteiger partial charge in [-0.15, -0.1) is 0 Å².